The minimum atomic E-state index is -0.303. The molecular weight excluding hydrogens is 338 g/mol. The summed E-state index contributed by atoms with van der Waals surface area (Å²) in [7, 11) is 1.92. The molecule has 0 bridgehead atoms. The van der Waals surface area contributed by atoms with Crippen LogP contribution in [0.3, 0.4) is 0 Å². The molecule has 2 nitrogen and oxygen atoms in total. The summed E-state index contributed by atoms with van der Waals surface area (Å²) in [5, 5.41) is 0. The van der Waals surface area contributed by atoms with Crippen LogP contribution in [0.1, 0.15) is 17.2 Å². The highest BCUT2D eigenvalue weighted by molar-refractivity contribution is 9.10. The zero-order valence-corrected chi connectivity index (χ0v) is 13.3. The molecule has 0 saturated carbocycles. The van der Waals surface area contributed by atoms with Crippen molar-refractivity contribution in [3.05, 3.63) is 69.7 Å². The number of hydrogen-bond acceptors (Lipinski definition) is 2. The monoisotopic (exact) mass is 354 g/mol. The van der Waals surface area contributed by atoms with Gasteiger partial charge in [0.05, 0.1) is 4.47 Å². The smallest absolute Gasteiger partial charge is 0.137 e. The lowest BCUT2D eigenvalue weighted by Gasteiger charge is -2.27. The molecule has 0 aliphatic heterocycles. The fourth-order valence-electron chi connectivity index (χ4n) is 2.32. The summed E-state index contributed by atoms with van der Waals surface area (Å²) in [4.78, 5) is 2.02. The van der Waals surface area contributed by atoms with Crippen LogP contribution in [0.25, 0.3) is 0 Å². The van der Waals surface area contributed by atoms with Crippen LogP contribution < -0.4 is 5.73 Å². The Morgan fingerprint density at radius 3 is 2.57 bits per heavy atom. The molecule has 0 heterocycles. The maximum Gasteiger partial charge on any atom is 0.137 e. The summed E-state index contributed by atoms with van der Waals surface area (Å²) in [6.07, 6.45) is 0. The topological polar surface area (TPSA) is 29.3 Å². The average Bonchev–Trinajstić information content (AvgIpc) is 2.43. The molecule has 112 valence electrons. The van der Waals surface area contributed by atoms with Crippen LogP contribution in [0, 0.1) is 11.6 Å². The van der Waals surface area contributed by atoms with Crippen molar-refractivity contribution in [2.45, 2.75) is 12.6 Å². The van der Waals surface area contributed by atoms with Crippen LogP contribution in [0.5, 0.6) is 0 Å². The highest BCUT2D eigenvalue weighted by Crippen LogP contribution is 2.25. The van der Waals surface area contributed by atoms with E-state index in [1.165, 1.54) is 18.2 Å². The Morgan fingerprint density at radius 1 is 1.19 bits per heavy atom. The van der Waals surface area contributed by atoms with E-state index < -0.39 is 0 Å². The van der Waals surface area contributed by atoms with Crippen molar-refractivity contribution in [1.29, 1.82) is 0 Å². The zero-order chi connectivity index (χ0) is 15.4. The largest absolute Gasteiger partial charge is 0.329 e. The summed E-state index contributed by atoms with van der Waals surface area (Å²) >= 11 is 3.19. The Morgan fingerprint density at radius 2 is 1.95 bits per heavy atom. The second-order valence-corrected chi connectivity index (χ2v) is 5.82. The van der Waals surface area contributed by atoms with E-state index >= 15 is 0 Å². The van der Waals surface area contributed by atoms with Crippen molar-refractivity contribution in [3.8, 4) is 0 Å². The quantitative estimate of drug-likeness (QED) is 0.883. The molecule has 2 aromatic carbocycles. The Kier molecular flexibility index (Phi) is 5.45. The Labute approximate surface area is 131 Å². The SMILES string of the molecule is CN(Cc1cccc(F)c1)C(CN)c1ccc(F)c(Br)c1. The van der Waals surface area contributed by atoms with Crippen molar-refractivity contribution < 1.29 is 8.78 Å². The van der Waals surface area contributed by atoms with E-state index in [4.69, 9.17) is 5.73 Å². The van der Waals surface area contributed by atoms with E-state index in [1.807, 2.05) is 18.0 Å². The molecule has 0 aliphatic rings. The number of halogens is 3. The molecular formula is C16H17BrF2N2. The van der Waals surface area contributed by atoms with Crippen molar-refractivity contribution in [2.24, 2.45) is 5.73 Å². The predicted molar refractivity (Wildman–Crippen MR) is 83.8 cm³/mol. The molecule has 2 rings (SSSR count). The predicted octanol–water partition coefficient (Wildman–Crippen LogP) is 3.86. The summed E-state index contributed by atoms with van der Waals surface area (Å²) in [5.74, 6) is -0.558. The van der Waals surface area contributed by atoms with Gasteiger partial charge < -0.3 is 5.73 Å². The summed E-state index contributed by atoms with van der Waals surface area (Å²) in [6.45, 7) is 0.957. The molecule has 0 aliphatic carbocycles. The molecule has 0 aromatic heterocycles. The molecule has 2 N–H and O–H groups in total. The third-order valence-electron chi connectivity index (χ3n) is 3.40. The number of likely N-dealkylation sites (N-methyl/N-ethyl adjacent to an activating group) is 1. The lowest BCUT2D eigenvalue weighted by molar-refractivity contribution is 0.241. The van der Waals surface area contributed by atoms with Gasteiger partial charge in [0.25, 0.3) is 0 Å². The summed E-state index contributed by atoms with van der Waals surface area (Å²) < 4.78 is 27.0. The highest BCUT2D eigenvalue weighted by atomic mass is 79.9. The third-order valence-corrected chi connectivity index (χ3v) is 4.01. The third kappa shape index (κ3) is 4.09. The van der Waals surface area contributed by atoms with Gasteiger partial charge in [-0.25, -0.2) is 8.78 Å². The van der Waals surface area contributed by atoms with Gasteiger partial charge in [0.2, 0.25) is 0 Å². The van der Waals surface area contributed by atoms with Gasteiger partial charge in [-0.1, -0.05) is 18.2 Å². The van der Waals surface area contributed by atoms with E-state index in [0.29, 0.717) is 17.6 Å². The summed E-state index contributed by atoms with van der Waals surface area (Å²) in [5.41, 5.74) is 7.65. The van der Waals surface area contributed by atoms with Crippen molar-refractivity contribution >= 4 is 15.9 Å². The highest BCUT2D eigenvalue weighted by Gasteiger charge is 2.17. The van der Waals surface area contributed by atoms with Crippen LogP contribution in [-0.4, -0.2) is 18.5 Å². The molecule has 0 spiro atoms. The molecule has 1 unspecified atom stereocenters. The van der Waals surface area contributed by atoms with Crippen molar-refractivity contribution in [2.75, 3.05) is 13.6 Å². The Balaban J connectivity index is 2.18. The maximum absolute atomic E-state index is 13.3. The lowest BCUT2D eigenvalue weighted by atomic mass is 10.0. The van der Waals surface area contributed by atoms with E-state index in [9.17, 15) is 8.78 Å². The van der Waals surface area contributed by atoms with E-state index in [2.05, 4.69) is 15.9 Å². The van der Waals surface area contributed by atoms with Gasteiger partial charge in [0, 0.05) is 19.1 Å². The average molecular weight is 355 g/mol. The first-order valence-electron chi connectivity index (χ1n) is 6.61. The minimum Gasteiger partial charge on any atom is -0.329 e. The molecule has 0 fully saturated rings. The van der Waals surface area contributed by atoms with Gasteiger partial charge in [-0.3, -0.25) is 4.90 Å². The van der Waals surface area contributed by atoms with Crippen LogP contribution in [0.2, 0.25) is 0 Å². The van der Waals surface area contributed by atoms with Crippen LogP contribution in [0.15, 0.2) is 46.9 Å². The molecule has 5 heteroatoms. The molecule has 0 amide bonds. The number of nitrogens with zero attached hydrogens (tertiary/aromatic N) is 1. The number of benzene rings is 2. The molecule has 2 aromatic rings. The standard InChI is InChI=1S/C16H17BrF2N2/c1-21(10-11-3-2-4-13(18)7-11)16(9-20)12-5-6-15(19)14(17)8-12/h2-8,16H,9-10,20H2,1H3. The molecule has 21 heavy (non-hydrogen) atoms. The number of hydrogen-bond donors (Lipinski definition) is 1. The second kappa shape index (κ2) is 7.11. The number of nitrogens with two attached hydrogens (primary N) is 1. The maximum atomic E-state index is 13.3. The van der Waals surface area contributed by atoms with Gasteiger partial charge in [-0.15, -0.1) is 0 Å². The zero-order valence-electron chi connectivity index (χ0n) is 11.7. The number of rotatable bonds is 5. The van der Waals surface area contributed by atoms with Crippen molar-refractivity contribution in [1.82, 2.24) is 4.90 Å². The lowest BCUT2D eigenvalue weighted by Crippen LogP contribution is -2.30. The molecule has 0 saturated heterocycles. The van der Waals surface area contributed by atoms with E-state index in [0.717, 1.165) is 11.1 Å². The Hall–Kier alpha value is -1.30. The van der Waals surface area contributed by atoms with E-state index in [1.54, 1.807) is 18.2 Å². The normalized spacial score (nSPS) is 12.7. The first-order chi connectivity index (χ1) is 10.0. The summed E-state index contributed by atoms with van der Waals surface area (Å²) in [6, 6.07) is 11.3. The van der Waals surface area contributed by atoms with Gasteiger partial charge in [0.1, 0.15) is 11.6 Å². The molecule has 0 radical (unpaired) electrons. The van der Waals surface area contributed by atoms with Gasteiger partial charge in [-0.05, 0) is 58.4 Å². The molecule has 1 atom stereocenters. The van der Waals surface area contributed by atoms with Crippen molar-refractivity contribution in [3.63, 3.8) is 0 Å². The van der Waals surface area contributed by atoms with Crippen LogP contribution >= 0.6 is 15.9 Å². The van der Waals surface area contributed by atoms with Gasteiger partial charge >= 0.3 is 0 Å². The van der Waals surface area contributed by atoms with Gasteiger partial charge in [0.15, 0.2) is 0 Å². The van der Waals surface area contributed by atoms with Crippen LogP contribution in [-0.2, 0) is 6.54 Å². The fourth-order valence-corrected chi connectivity index (χ4v) is 2.72. The second-order valence-electron chi connectivity index (χ2n) is 4.97. The minimum absolute atomic E-state index is 0.0647. The fraction of sp³-hybridized carbons (Fsp3) is 0.250. The van der Waals surface area contributed by atoms with Crippen LogP contribution in [0.4, 0.5) is 8.78 Å². The first-order valence-corrected chi connectivity index (χ1v) is 7.40. The van der Waals surface area contributed by atoms with Gasteiger partial charge in [-0.2, -0.15) is 0 Å². The Bertz CT molecular complexity index is 619. The first kappa shape index (κ1) is 16.1. The van der Waals surface area contributed by atoms with E-state index in [-0.39, 0.29) is 17.7 Å².